The summed E-state index contributed by atoms with van der Waals surface area (Å²) in [6.07, 6.45) is 2.58. The molecule has 5 heteroatoms. The van der Waals surface area contributed by atoms with Gasteiger partial charge in [0, 0.05) is 20.0 Å². The van der Waals surface area contributed by atoms with Gasteiger partial charge in [0.25, 0.3) is 0 Å². The molecular formula is C10H18N2O3. The van der Waals surface area contributed by atoms with E-state index in [-0.39, 0.29) is 17.7 Å². The predicted octanol–water partition coefficient (Wildman–Crippen LogP) is 0.470. The lowest BCUT2D eigenvalue weighted by Gasteiger charge is -2.26. The second-order valence-corrected chi connectivity index (χ2v) is 4.26. The van der Waals surface area contributed by atoms with Crippen molar-refractivity contribution in [1.82, 2.24) is 10.4 Å². The maximum Gasteiger partial charge on any atom is 0.306 e. The Balaban J connectivity index is 2.37. The number of carbonyl (C=O) groups excluding carboxylic acids is 1. The van der Waals surface area contributed by atoms with E-state index < -0.39 is 5.97 Å². The molecule has 0 unspecified atom stereocenters. The monoisotopic (exact) mass is 214 g/mol. The van der Waals surface area contributed by atoms with Gasteiger partial charge < -0.3 is 5.11 Å². The zero-order chi connectivity index (χ0) is 11.4. The molecule has 1 amide bonds. The fraction of sp³-hybridized carbons (Fsp3) is 0.800. The van der Waals surface area contributed by atoms with Crippen LogP contribution in [-0.2, 0) is 9.59 Å². The van der Waals surface area contributed by atoms with Crippen LogP contribution in [0.2, 0.25) is 0 Å². The van der Waals surface area contributed by atoms with Gasteiger partial charge in [-0.05, 0) is 25.7 Å². The van der Waals surface area contributed by atoms with Crippen molar-refractivity contribution in [2.75, 3.05) is 14.1 Å². The van der Waals surface area contributed by atoms with E-state index in [2.05, 4.69) is 5.43 Å². The largest absolute Gasteiger partial charge is 0.481 e. The average molecular weight is 214 g/mol. The van der Waals surface area contributed by atoms with Gasteiger partial charge in [0.05, 0.1) is 5.92 Å². The lowest BCUT2D eigenvalue weighted by atomic mass is 9.82. The van der Waals surface area contributed by atoms with Crippen molar-refractivity contribution >= 4 is 11.9 Å². The topological polar surface area (TPSA) is 69.6 Å². The fourth-order valence-corrected chi connectivity index (χ4v) is 1.91. The molecule has 1 saturated carbocycles. The van der Waals surface area contributed by atoms with Crippen molar-refractivity contribution in [2.24, 2.45) is 11.8 Å². The molecule has 0 atom stereocenters. The Labute approximate surface area is 89.4 Å². The Hall–Kier alpha value is -1.10. The van der Waals surface area contributed by atoms with Crippen LogP contribution in [0.3, 0.4) is 0 Å². The molecule has 0 aromatic carbocycles. The molecule has 0 radical (unpaired) electrons. The van der Waals surface area contributed by atoms with E-state index >= 15 is 0 Å². The SMILES string of the molecule is CN(C)NC(=O)C1CCC(C(=O)O)CC1. The number of carbonyl (C=O) groups is 2. The van der Waals surface area contributed by atoms with Crippen LogP contribution in [0.15, 0.2) is 0 Å². The third-order valence-corrected chi connectivity index (χ3v) is 2.78. The van der Waals surface area contributed by atoms with Crippen LogP contribution in [0.5, 0.6) is 0 Å². The summed E-state index contributed by atoms with van der Waals surface area (Å²) in [5, 5.41) is 10.4. The van der Waals surface area contributed by atoms with Crippen molar-refractivity contribution in [1.29, 1.82) is 0 Å². The fourth-order valence-electron chi connectivity index (χ4n) is 1.91. The lowest BCUT2D eigenvalue weighted by molar-refractivity contribution is -0.144. The van der Waals surface area contributed by atoms with Gasteiger partial charge in [0.2, 0.25) is 5.91 Å². The molecule has 0 spiro atoms. The highest BCUT2D eigenvalue weighted by Crippen LogP contribution is 2.28. The van der Waals surface area contributed by atoms with E-state index in [9.17, 15) is 9.59 Å². The number of hydrazine groups is 1. The zero-order valence-corrected chi connectivity index (χ0v) is 9.19. The van der Waals surface area contributed by atoms with Gasteiger partial charge in [-0.25, -0.2) is 5.01 Å². The molecule has 0 aliphatic heterocycles. The Morgan fingerprint density at radius 2 is 1.60 bits per heavy atom. The van der Waals surface area contributed by atoms with Crippen LogP contribution < -0.4 is 5.43 Å². The molecule has 15 heavy (non-hydrogen) atoms. The van der Waals surface area contributed by atoms with E-state index in [1.54, 1.807) is 19.1 Å². The van der Waals surface area contributed by atoms with Gasteiger partial charge >= 0.3 is 5.97 Å². The molecule has 0 saturated heterocycles. The highest BCUT2D eigenvalue weighted by atomic mass is 16.4. The van der Waals surface area contributed by atoms with Crippen molar-refractivity contribution < 1.29 is 14.7 Å². The summed E-state index contributed by atoms with van der Waals surface area (Å²) in [5.41, 5.74) is 2.70. The maximum atomic E-state index is 11.6. The average Bonchev–Trinajstić information content (AvgIpc) is 2.17. The smallest absolute Gasteiger partial charge is 0.306 e. The molecule has 0 aromatic rings. The number of amides is 1. The minimum Gasteiger partial charge on any atom is -0.481 e. The van der Waals surface area contributed by atoms with Crippen LogP contribution in [0.1, 0.15) is 25.7 Å². The van der Waals surface area contributed by atoms with Crippen molar-refractivity contribution in [3.05, 3.63) is 0 Å². The second-order valence-electron chi connectivity index (χ2n) is 4.26. The minimum atomic E-state index is -0.735. The van der Waals surface area contributed by atoms with E-state index in [1.807, 2.05) is 0 Å². The number of rotatable bonds is 3. The van der Waals surface area contributed by atoms with Crippen molar-refractivity contribution in [3.63, 3.8) is 0 Å². The van der Waals surface area contributed by atoms with E-state index in [0.717, 1.165) is 0 Å². The first-order chi connectivity index (χ1) is 7.00. The van der Waals surface area contributed by atoms with E-state index in [0.29, 0.717) is 25.7 Å². The summed E-state index contributed by atoms with van der Waals surface area (Å²) < 4.78 is 0. The Morgan fingerprint density at radius 1 is 1.13 bits per heavy atom. The van der Waals surface area contributed by atoms with Gasteiger partial charge in [0.15, 0.2) is 0 Å². The molecule has 5 nitrogen and oxygen atoms in total. The number of hydrogen-bond acceptors (Lipinski definition) is 3. The molecule has 1 rings (SSSR count). The molecule has 86 valence electrons. The Kier molecular flexibility index (Phi) is 4.08. The van der Waals surface area contributed by atoms with Crippen LogP contribution in [0.25, 0.3) is 0 Å². The van der Waals surface area contributed by atoms with E-state index in [1.165, 1.54) is 0 Å². The summed E-state index contributed by atoms with van der Waals surface area (Å²) in [4.78, 5) is 22.3. The maximum absolute atomic E-state index is 11.6. The first-order valence-electron chi connectivity index (χ1n) is 5.21. The zero-order valence-electron chi connectivity index (χ0n) is 9.19. The van der Waals surface area contributed by atoms with Gasteiger partial charge in [-0.15, -0.1) is 0 Å². The minimum absolute atomic E-state index is 0.00355. The molecule has 0 aromatic heterocycles. The third-order valence-electron chi connectivity index (χ3n) is 2.78. The Morgan fingerprint density at radius 3 is 2.00 bits per heavy atom. The first kappa shape index (κ1) is 12.0. The lowest BCUT2D eigenvalue weighted by Crippen LogP contribution is -2.41. The number of hydrogen-bond donors (Lipinski definition) is 2. The molecule has 0 bridgehead atoms. The van der Waals surface area contributed by atoms with Gasteiger partial charge in [-0.2, -0.15) is 0 Å². The number of nitrogens with zero attached hydrogens (tertiary/aromatic N) is 1. The summed E-state index contributed by atoms with van der Waals surface area (Å²) in [7, 11) is 3.53. The molecule has 0 heterocycles. The standard InChI is InChI=1S/C10H18N2O3/c1-12(2)11-9(13)7-3-5-8(6-4-7)10(14)15/h7-8H,3-6H2,1-2H3,(H,11,13)(H,14,15). The van der Waals surface area contributed by atoms with Gasteiger partial charge in [0.1, 0.15) is 0 Å². The highest BCUT2D eigenvalue weighted by Gasteiger charge is 2.29. The molecule has 1 aliphatic rings. The second kappa shape index (κ2) is 5.11. The number of nitrogens with one attached hydrogen (secondary N) is 1. The first-order valence-corrected chi connectivity index (χ1v) is 5.21. The quantitative estimate of drug-likeness (QED) is 0.670. The summed E-state index contributed by atoms with van der Waals surface area (Å²) >= 11 is 0. The molecule has 2 N–H and O–H groups in total. The van der Waals surface area contributed by atoms with Gasteiger partial charge in [-0.1, -0.05) is 0 Å². The van der Waals surface area contributed by atoms with Crippen LogP contribution in [0.4, 0.5) is 0 Å². The normalized spacial score (nSPS) is 26.3. The van der Waals surface area contributed by atoms with Gasteiger partial charge in [-0.3, -0.25) is 15.0 Å². The summed E-state index contributed by atoms with van der Waals surface area (Å²) in [5.74, 6) is -1.01. The summed E-state index contributed by atoms with van der Waals surface area (Å²) in [6.45, 7) is 0. The van der Waals surface area contributed by atoms with E-state index in [4.69, 9.17) is 5.11 Å². The molecule has 1 aliphatic carbocycles. The predicted molar refractivity (Wildman–Crippen MR) is 54.9 cm³/mol. The molecule has 1 fully saturated rings. The van der Waals surface area contributed by atoms with Crippen LogP contribution in [0, 0.1) is 11.8 Å². The van der Waals surface area contributed by atoms with Crippen LogP contribution >= 0.6 is 0 Å². The van der Waals surface area contributed by atoms with Crippen LogP contribution in [-0.4, -0.2) is 36.1 Å². The summed E-state index contributed by atoms with van der Waals surface area (Å²) in [6, 6.07) is 0. The highest BCUT2D eigenvalue weighted by molar-refractivity contribution is 5.78. The Bertz CT molecular complexity index is 245. The number of carboxylic acid groups (broad SMARTS) is 1. The van der Waals surface area contributed by atoms with Crippen molar-refractivity contribution in [3.8, 4) is 0 Å². The van der Waals surface area contributed by atoms with Crippen molar-refractivity contribution in [2.45, 2.75) is 25.7 Å². The molecular weight excluding hydrogens is 196 g/mol. The number of carboxylic acids is 1. The number of aliphatic carboxylic acids is 1. The third kappa shape index (κ3) is 3.51.